The quantitative estimate of drug-likeness (QED) is 0.806. The molecule has 0 fully saturated rings. The van der Waals surface area contributed by atoms with Crippen LogP contribution in [0.4, 0.5) is 5.69 Å². The molecule has 96 valence electrons. The van der Waals surface area contributed by atoms with Gasteiger partial charge in [0.25, 0.3) is 0 Å². The normalized spacial score (nSPS) is 12.5. The van der Waals surface area contributed by atoms with Crippen molar-refractivity contribution < 1.29 is 4.42 Å². The van der Waals surface area contributed by atoms with Gasteiger partial charge in [0.2, 0.25) is 0 Å². The van der Waals surface area contributed by atoms with Crippen LogP contribution in [0.25, 0.3) is 0 Å². The molecule has 0 radical (unpaired) electrons. The van der Waals surface area contributed by atoms with E-state index in [1.165, 1.54) is 0 Å². The molecule has 0 aliphatic heterocycles. The molecule has 0 spiro atoms. The van der Waals surface area contributed by atoms with Gasteiger partial charge < -0.3 is 9.73 Å². The zero-order valence-corrected chi connectivity index (χ0v) is 12.9. The van der Waals surface area contributed by atoms with Crippen LogP contribution in [0.1, 0.15) is 30.0 Å². The van der Waals surface area contributed by atoms with Gasteiger partial charge in [0.1, 0.15) is 11.5 Å². The van der Waals surface area contributed by atoms with E-state index in [1.54, 1.807) is 0 Å². The number of furan rings is 1. The molecule has 0 saturated heterocycles. The van der Waals surface area contributed by atoms with Crippen LogP contribution in [-0.4, -0.2) is 0 Å². The van der Waals surface area contributed by atoms with Crippen molar-refractivity contribution >= 4 is 33.2 Å². The Kier molecular flexibility index (Phi) is 4.03. The number of halogens is 2. The van der Waals surface area contributed by atoms with Crippen molar-refractivity contribution in [1.29, 1.82) is 0 Å². The molecule has 0 aliphatic carbocycles. The van der Waals surface area contributed by atoms with E-state index < -0.39 is 0 Å². The number of hydrogen-bond donors (Lipinski definition) is 1. The largest absolute Gasteiger partial charge is 0.466 e. The second-order valence-electron chi connectivity index (χ2n) is 4.36. The third-order valence-corrected chi connectivity index (χ3v) is 3.67. The fourth-order valence-electron chi connectivity index (χ4n) is 2.00. The molecular weight excluding hydrogens is 314 g/mol. The van der Waals surface area contributed by atoms with Gasteiger partial charge in [-0.15, -0.1) is 0 Å². The molecule has 1 aromatic heterocycles. The Labute approximate surface area is 120 Å². The molecule has 0 saturated carbocycles. The van der Waals surface area contributed by atoms with Gasteiger partial charge in [-0.25, -0.2) is 0 Å². The van der Waals surface area contributed by atoms with Crippen molar-refractivity contribution in [2.75, 3.05) is 5.32 Å². The number of rotatable bonds is 3. The zero-order valence-electron chi connectivity index (χ0n) is 10.6. The highest BCUT2D eigenvalue weighted by Gasteiger charge is 2.13. The number of anilines is 1. The molecule has 4 heteroatoms. The van der Waals surface area contributed by atoms with Crippen molar-refractivity contribution in [2.45, 2.75) is 26.8 Å². The molecule has 0 aliphatic rings. The smallest absolute Gasteiger partial charge is 0.106 e. The van der Waals surface area contributed by atoms with E-state index in [4.69, 9.17) is 16.0 Å². The minimum atomic E-state index is 0.147. The van der Waals surface area contributed by atoms with Crippen molar-refractivity contribution in [3.8, 4) is 0 Å². The first-order chi connectivity index (χ1) is 8.47. The van der Waals surface area contributed by atoms with Crippen molar-refractivity contribution in [2.24, 2.45) is 0 Å². The van der Waals surface area contributed by atoms with Gasteiger partial charge in [-0.3, -0.25) is 0 Å². The first-order valence-electron chi connectivity index (χ1n) is 5.76. The maximum absolute atomic E-state index is 6.17. The third-order valence-electron chi connectivity index (χ3n) is 2.85. The highest BCUT2D eigenvalue weighted by molar-refractivity contribution is 9.10. The third kappa shape index (κ3) is 2.90. The highest BCUT2D eigenvalue weighted by Crippen LogP contribution is 2.30. The lowest BCUT2D eigenvalue weighted by Gasteiger charge is -2.16. The van der Waals surface area contributed by atoms with Gasteiger partial charge in [0.05, 0.1) is 16.8 Å². The van der Waals surface area contributed by atoms with Crippen LogP contribution < -0.4 is 5.32 Å². The minimum Gasteiger partial charge on any atom is -0.466 e. The van der Waals surface area contributed by atoms with E-state index in [1.807, 2.05) is 32.0 Å². The maximum atomic E-state index is 6.17. The Hall–Kier alpha value is -0.930. The Morgan fingerprint density at radius 3 is 2.61 bits per heavy atom. The van der Waals surface area contributed by atoms with Crippen molar-refractivity contribution in [3.63, 3.8) is 0 Å². The molecule has 1 atom stereocenters. The molecule has 2 aromatic rings. The summed E-state index contributed by atoms with van der Waals surface area (Å²) in [7, 11) is 0. The number of hydrogen-bond acceptors (Lipinski definition) is 2. The van der Waals surface area contributed by atoms with Gasteiger partial charge >= 0.3 is 0 Å². The summed E-state index contributed by atoms with van der Waals surface area (Å²) < 4.78 is 6.55. The van der Waals surface area contributed by atoms with Crippen molar-refractivity contribution in [1.82, 2.24) is 0 Å². The summed E-state index contributed by atoms with van der Waals surface area (Å²) in [6, 6.07) is 7.97. The van der Waals surface area contributed by atoms with Gasteiger partial charge in [0.15, 0.2) is 0 Å². The Morgan fingerprint density at radius 1 is 1.28 bits per heavy atom. The zero-order chi connectivity index (χ0) is 13.3. The standard InChI is InChI=1S/C14H15BrClNO/c1-8-6-12(10(3)18-8)9(2)17-14-7-11(15)4-5-13(14)16/h4-7,9,17H,1-3H3. The molecule has 2 nitrogen and oxygen atoms in total. The van der Waals surface area contributed by atoms with E-state index in [0.717, 1.165) is 27.2 Å². The maximum Gasteiger partial charge on any atom is 0.106 e. The summed E-state index contributed by atoms with van der Waals surface area (Å²) in [6.45, 7) is 6.02. The summed E-state index contributed by atoms with van der Waals surface area (Å²) in [6.07, 6.45) is 0. The lowest BCUT2D eigenvalue weighted by atomic mass is 10.1. The highest BCUT2D eigenvalue weighted by atomic mass is 79.9. The second kappa shape index (κ2) is 5.37. The van der Waals surface area contributed by atoms with Crippen LogP contribution >= 0.6 is 27.5 Å². The van der Waals surface area contributed by atoms with E-state index in [9.17, 15) is 0 Å². The SMILES string of the molecule is Cc1cc(C(C)Nc2cc(Br)ccc2Cl)c(C)o1. The van der Waals surface area contributed by atoms with Gasteiger partial charge in [-0.05, 0) is 45.0 Å². The van der Waals surface area contributed by atoms with E-state index in [0.29, 0.717) is 5.02 Å². The molecule has 18 heavy (non-hydrogen) atoms. The number of aryl methyl sites for hydroxylation is 2. The predicted octanol–water partition coefficient (Wildman–Crippen LogP) is 5.49. The number of nitrogens with one attached hydrogen (secondary N) is 1. The lowest BCUT2D eigenvalue weighted by molar-refractivity contribution is 0.500. The minimum absolute atomic E-state index is 0.147. The van der Waals surface area contributed by atoms with Crippen LogP contribution in [0.15, 0.2) is 33.2 Å². The van der Waals surface area contributed by atoms with Crippen molar-refractivity contribution in [3.05, 3.63) is 50.8 Å². The molecule has 0 bridgehead atoms. The first-order valence-corrected chi connectivity index (χ1v) is 6.93. The molecule has 2 rings (SSSR count). The average molecular weight is 329 g/mol. The molecule has 1 unspecified atom stereocenters. The van der Waals surface area contributed by atoms with Crippen LogP contribution in [-0.2, 0) is 0 Å². The molecular formula is C14H15BrClNO. The van der Waals surface area contributed by atoms with E-state index in [2.05, 4.69) is 34.2 Å². The Bertz CT molecular complexity index is 565. The number of benzene rings is 1. The topological polar surface area (TPSA) is 25.2 Å². The lowest BCUT2D eigenvalue weighted by Crippen LogP contribution is -2.07. The van der Waals surface area contributed by atoms with Gasteiger partial charge in [-0.2, -0.15) is 0 Å². The van der Waals surface area contributed by atoms with Crippen LogP contribution in [0.2, 0.25) is 5.02 Å². The monoisotopic (exact) mass is 327 g/mol. The van der Waals surface area contributed by atoms with Gasteiger partial charge in [0, 0.05) is 10.0 Å². The predicted molar refractivity (Wildman–Crippen MR) is 79.4 cm³/mol. The summed E-state index contributed by atoms with van der Waals surface area (Å²) in [5.74, 6) is 1.87. The van der Waals surface area contributed by atoms with Crippen LogP contribution in [0, 0.1) is 13.8 Å². The van der Waals surface area contributed by atoms with E-state index >= 15 is 0 Å². The average Bonchev–Trinajstić information content (AvgIpc) is 2.63. The molecule has 1 N–H and O–H groups in total. The summed E-state index contributed by atoms with van der Waals surface area (Å²) >= 11 is 9.61. The van der Waals surface area contributed by atoms with E-state index in [-0.39, 0.29) is 6.04 Å². The molecule has 1 heterocycles. The fourth-order valence-corrected chi connectivity index (χ4v) is 2.53. The summed E-state index contributed by atoms with van der Waals surface area (Å²) in [5.41, 5.74) is 2.07. The Morgan fingerprint density at radius 2 is 2.00 bits per heavy atom. The second-order valence-corrected chi connectivity index (χ2v) is 5.68. The summed E-state index contributed by atoms with van der Waals surface area (Å²) in [5, 5.41) is 4.11. The van der Waals surface area contributed by atoms with Crippen LogP contribution in [0.5, 0.6) is 0 Å². The van der Waals surface area contributed by atoms with Crippen LogP contribution in [0.3, 0.4) is 0 Å². The summed E-state index contributed by atoms with van der Waals surface area (Å²) in [4.78, 5) is 0. The Balaban J connectivity index is 2.23. The fraction of sp³-hybridized carbons (Fsp3) is 0.286. The molecule has 1 aromatic carbocycles. The first kappa shape index (κ1) is 13.5. The molecule has 0 amide bonds. The van der Waals surface area contributed by atoms with Gasteiger partial charge in [-0.1, -0.05) is 27.5 Å².